The lowest BCUT2D eigenvalue weighted by atomic mass is 10.2. The van der Waals surface area contributed by atoms with Gasteiger partial charge in [-0.15, -0.1) is 0 Å². The molecule has 0 aliphatic carbocycles. The van der Waals surface area contributed by atoms with E-state index in [4.69, 9.17) is 0 Å². The zero-order valence-electron chi connectivity index (χ0n) is 8.54. The predicted octanol–water partition coefficient (Wildman–Crippen LogP) is 2.22. The lowest BCUT2D eigenvalue weighted by molar-refractivity contribution is 0.0755. The van der Waals surface area contributed by atoms with Gasteiger partial charge < -0.3 is 4.98 Å². The van der Waals surface area contributed by atoms with Gasteiger partial charge in [0, 0.05) is 0 Å². The number of aromatic nitrogens is 2. The van der Waals surface area contributed by atoms with Crippen molar-refractivity contribution in [2.24, 2.45) is 0 Å². The summed E-state index contributed by atoms with van der Waals surface area (Å²) in [5.74, 6) is -1.22. The van der Waals surface area contributed by atoms with Gasteiger partial charge in [-0.05, 0) is 18.6 Å². The first-order chi connectivity index (χ1) is 7.73. The van der Waals surface area contributed by atoms with Gasteiger partial charge in [0.15, 0.2) is 5.82 Å². The van der Waals surface area contributed by atoms with Gasteiger partial charge in [-0.3, -0.25) is 0 Å². The minimum absolute atomic E-state index is 0.186. The second-order valence-corrected chi connectivity index (χ2v) is 4.90. The lowest BCUT2D eigenvalue weighted by Crippen LogP contribution is -2.23. The summed E-state index contributed by atoms with van der Waals surface area (Å²) in [4.78, 5) is 5.53. The van der Waals surface area contributed by atoms with Crippen molar-refractivity contribution in [2.75, 3.05) is 0 Å². The summed E-state index contributed by atoms with van der Waals surface area (Å²) in [6.07, 6.45) is 0. The smallest absolute Gasteiger partial charge is 0.336 e. The molecule has 0 amide bonds. The highest BCUT2D eigenvalue weighted by Gasteiger charge is 2.50. The van der Waals surface area contributed by atoms with Gasteiger partial charge in [0.25, 0.3) is 0 Å². The lowest BCUT2D eigenvalue weighted by Gasteiger charge is -2.06. The van der Waals surface area contributed by atoms with E-state index in [0.29, 0.717) is 5.56 Å². The van der Waals surface area contributed by atoms with Crippen molar-refractivity contribution in [3.8, 4) is 0 Å². The molecule has 2 aromatic rings. The van der Waals surface area contributed by atoms with Crippen LogP contribution in [0.5, 0.6) is 0 Å². The summed E-state index contributed by atoms with van der Waals surface area (Å²) in [5.41, 5.74) is 0.992. The van der Waals surface area contributed by atoms with Crippen LogP contribution in [0.2, 0.25) is 0 Å². The average Bonchev–Trinajstić information content (AvgIpc) is 2.61. The number of para-hydroxylation sites is 1. The van der Waals surface area contributed by atoms with E-state index in [1.54, 1.807) is 19.1 Å². The molecule has 0 aliphatic heterocycles. The fourth-order valence-corrected chi connectivity index (χ4v) is 1.76. The van der Waals surface area contributed by atoms with Gasteiger partial charge in [-0.2, -0.15) is 17.2 Å². The van der Waals surface area contributed by atoms with Gasteiger partial charge in [-0.1, -0.05) is 16.0 Å². The molecule has 0 fully saturated rings. The molecule has 0 aliphatic rings. The normalized spacial score (nSPS) is 13.2. The highest BCUT2D eigenvalue weighted by atomic mass is 32.3. The molecule has 0 bridgehead atoms. The van der Waals surface area contributed by atoms with Crippen molar-refractivity contribution in [1.82, 2.24) is 9.97 Å². The molecule has 1 aromatic carbocycles. The van der Waals surface area contributed by atoms with Crippen molar-refractivity contribution >= 4 is 21.3 Å². The fraction of sp³-hybridized carbons (Fsp3) is 0.222. The van der Waals surface area contributed by atoms with Crippen LogP contribution in [0, 0.1) is 6.92 Å². The molecule has 4 nitrogen and oxygen atoms in total. The van der Waals surface area contributed by atoms with Crippen LogP contribution < -0.4 is 0 Å². The molecule has 0 spiro atoms. The Bertz CT molecular complexity index is 679. The summed E-state index contributed by atoms with van der Waals surface area (Å²) in [6, 6.07) is 4.65. The molecule has 1 N–H and O–H groups in total. The highest BCUT2D eigenvalue weighted by molar-refractivity contribution is 7.87. The van der Waals surface area contributed by atoms with Crippen LogP contribution in [0.1, 0.15) is 11.4 Å². The summed E-state index contributed by atoms with van der Waals surface area (Å²) in [6.45, 7) is 1.62. The number of imidazole rings is 1. The monoisotopic (exact) mass is 264 g/mol. The molecule has 0 saturated heterocycles. The maximum absolute atomic E-state index is 13.2. The number of benzene rings is 1. The molecule has 1 aromatic heterocycles. The number of aryl methyl sites for hydroxylation is 1. The third-order valence-corrected chi connectivity index (χ3v) is 3.10. The van der Waals surface area contributed by atoms with Crippen molar-refractivity contribution in [3.63, 3.8) is 0 Å². The van der Waals surface area contributed by atoms with E-state index in [1.165, 1.54) is 6.07 Å². The number of hydrogen-bond acceptors (Lipinski definition) is 3. The molecule has 8 heteroatoms. The van der Waals surface area contributed by atoms with E-state index in [-0.39, 0.29) is 11.0 Å². The molecule has 0 radical (unpaired) electrons. The molecule has 92 valence electrons. The first-order valence-electron chi connectivity index (χ1n) is 4.51. The second kappa shape index (κ2) is 3.46. The molecule has 1 heterocycles. The van der Waals surface area contributed by atoms with E-state index in [9.17, 15) is 21.1 Å². The quantitative estimate of drug-likeness (QED) is 0.846. The Morgan fingerprint density at radius 1 is 1.35 bits per heavy atom. The first kappa shape index (κ1) is 11.9. The van der Waals surface area contributed by atoms with Crippen LogP contribution in [0.15, 0.2) is 18.2 Å². The summed E-state index contributed by atoms with van der Waals surface area (Å²) < 4.78 is 59.5. The Kier molecular flexibility index (Phi) is 2.42. The minimum Gasteiger partial charge on any atom is -0.336 e. The van der Waals surface area contributed by atoms with Crippen LogP contribution >= 0.6 is 0 Å². The number of fused-ring (bicyclic) bond motifs is 1. The number of aromatic amines is 1. The van der Waals surface area contributed by atoms with E-state index < -0.39 is 21.3 Å². The number of alkyl halides is 2. The first-order valence-corrected chi connectivity index (χ1v) is 5.89. The number of H-pyrrole nitrogens is 1. The zero-order chi connectivity index (χ0) is 12.8. The van der Waals surface area contributed by atoms with Gasteiger partial charge in [0.05, 0.1) is 11.0 Å². The minimum atomic E-state index is -6.04. The second-order valence-electron chi connectivity index (χ2n) is 3.51. The Morgan fingerprint density at radius 2 is 2.00 bits per heavy atom. The average molecular weight is 264 g/mol. The highest BCUT2D eigenvalue weighted by Crippen LogP contribution is 2.34. The molecular weight excluding hydrogens is 257 g/mol. The predicted molar refractivity (Wildman–Crippen MR) is 54.8 cm³/mol. The summed E-state index contributed by atoms with van der Waals surface area (Å²) in [7, 11) is -6.04. The standard InChI is InChI=1S/C9H7F3N2O2S/c1-5-3-2-4-6-7(5)14-8(13-6)9(10,11)17(12,15)16/h2-4H,1H3,(H,13,14). The van der Waals surface area contributed by atoms with E-state index in [2.05, 4.69) is 9.97 Å². The fourth-order valence-electron chi connectivity index (χ4n) is 1.43. The number of halogens is 3. The van der Waals surface area contributed by atoms with E-state index in [0.717, 1.165) is 0 Å². The Hall–Kier alpha value is -1.57. The van der Waals surface area contributed by atoms with E-state index in [1.807, 2.05) is 0 Å². The number of nitrogens with zero attached hydrogens (tertiary/aromatic N) is 1. The maximum atomic E-state index is 13.2. The van der Waals surface area contributed by atoms with Crippen LogP contribution in [-0.2, 0) is 15.5 Å². The van der Waals surface area contributed by atoms with Crippen LogP contribution in [0.4, 0.5) is 12.7 Å². The van der Waals surface area contributed by atoms with Crippen LogP contribution in [0.25, 0.3) is 11.0 Å². The molecule has 17 heavy (non-hydrogen) atoms. The van der Waals surface area contributed by atoms with E-state index >= 15 is 0 Å². The zero-order valence-corrected chi connectivity index (χ0v) is 9.35. The van der Waals surface area contributed by atoms with Crippen molar-refractivity contribution in [2.45, 2.75) is 12.2 Å². The van der Waals surface area contributed by atoms with Crippen molar-refractivity contribution < 1.29 is 21.1 Å². The Morgan fingerprint density at radius 3 is 2.53 bits per heavy atom. The van der Waals surface area contributed by atoms with Crippen LogP contribution in [-0.4, -0.2) is 18.4 Å². The van der Waals surface area contributed by atoms with Crippen LogP contribution in [0.3, 0.4) is 0 Å². The maximum Gasteiger partial charge on any atom is 0.430 e. The van der Waals surface area contributed by atoms with Gasteiger partial charge in [-0.25, -0.2) is 4.98 Å². The topological polar surface area (TPSA) is 62.8 Å². The number of hydrogen-bond donors (Lipinski definition) is 1. The number of nitrogens with one attached hydrogen (secondary N) is 1. The molecule has 2 rings (SSSR count). The largest absolute Gasteiger partial charge is 0.430 e. The molecular formula is C9H7F3N2O2S. The third-order valence-electron chi connectivity index (χ3n) is 2.30. The Balaban J connectivity index is 2.70. The van der Waals surface area contributed by atoms with Crippen molar-refractivity contribution in [3.05, 3.63) is 29.6 Å². The Labute approximate surface area is 94.7 Å². The van der Waals surface area contributed by atoms with Gasteiger partial charge in [0.1, 0.15) is 0 Å². The van der Waals surface area contributed by atoms with Crippen molar-refractivity contribution in [1.29, 1.82) is 0 Å². The SMILES string of the molecule is Cc1cccc2[nH]c(C(F)(F)S(=O)(=O)F)nc12. The van der Waals surface area contributed by atoms with Gasteiger partial charge in [0.2, 0.25) is 0 Å². The molecule has 0 unspecified atom stereocenters. The third kappa shape index (κ3) is 1.78. The molecule has 0 atom stereocenters. The summed E-state index contributed by atoms with van der Waals surface area (Å²) >= 11 is 0. The summed E-state index contributed by atoms with van der Waals surface area (Å²) in [5, 5.41) is -4.67. The molecule has 0 saturated carbocycles. The van der Waals surface area contributed by atoms with Gasteiger partial charge >= 0.3 is 15.5 Å². The number of rotatable bonds is 2.